The number of thioether (sulfide) groups is 1. The number of primary amides is 1. The van der Waals surface area contributed by atoms with Gasteiger partial charge >= 0.3 is 0 Å². The molecule has 176 valence electrons. The van der Waals surface area contributed by atoms with Crippen molar-refractivity contribution in [3.05, 3.63) is 0 Å². The van der Waals surface area contributed by atoms with Gasteiger partial charge in [-0.25, -0.2) is 0 Å². The van der Waals surface area contributed by atoms with Crippen LogP contribution in [0.2, 0.25) is 0 Å². The smallest absolute Gasteiger partial charge is 0.242 e. The fourth-order valence-corrected chi connectivity index (χ4v) is 4.04. The normalized spacial score (nSPS) is 16.6. The van der Waals surface area contributed by atoms with Gasteiger partial charge in [0.2, 0.25) is 24.1 Å². The van der Waals surface area contributed by atoms with Crippen LogP contribution in [0.1, 0.15) is 80.6 Å². The lowest BCUT2D eigenvalue weighted by Gasteiger charge is -2.28. The number of carbonyl (C=O) groups excluding carboxylic acids is 4. The van der Waals surface area contributed by atoms with Crippen molar-refractivity contribution >= 4 is 35.9 Å². The molecule has 0 spiro atoms. The van der Waals surface area contributed by atoms with Crippen molar-refractivity contribution in [2.45, 2.75) is 97.1 Å². The van der Waals surface area contributed by atoms with Crippen LogP contribution in [0.15, 0.2) is 0 Å². The highest BCUT2D eigenvalue weighted by Crippen LogP contribution is 2.28. The molecule has 1 fully saturated rings. The van der Waals surface area contributed by atoms with E-state index in [0.717, 1.165) is 19.3 Å². The van der Waals surface area contributed by atoms with Gasteiger partial charge in [0.05, 0.1) is 5.25 Å². The zero-order valence-corrected chi connectivity index (χ0v) is 21.0. The molecule has 0 radical (unpaired) electrons. The Balaban J connectivity index is 0. The summed E-state index contributed by atoms with van der Waals surface area (Å²) in [5.74, 6) is 0.524. The zero-order chi connectivity index (χ0) is 23.9. The second kappa shape index (κ2) is 17.1. The van der Waals surface area contributed by atoms with Crippen molar-refractivity contribution in [1.82, 2.24) is 9.80 Å². The van der Waals surface area contributed by atoms with Crippen LogP contribution in [0.4, 0.5) is 0 Å². The van der Waals surface area contributed by atoms with Crippen LogP contribution in [0.5, 0.6) is 0 Å². The van der Waals surface area contributed by atoms with Gasteiger partial charge in [0.1, 0.15) is 0 Å². The zero-order valence-electron chi connectivity index (χ0n) is 20.1. The average Bonchev–Trinajstić information content (AvgIpc) is 2.94. The second-order valence-electron chi connectivity index (χ2n) is 7.70. The van der Waals surface area contributed by atoms with E-state index in [0.29, 0.717) is 30.6 Å². The van der Waals surface area contributed by atoms with E-state index >= 15 is 0 Å². The quantitative estimate of drug-likeness (QED) is 0.315. The van der Waals surface area contributed by atoms with Crippen LogP contribution < -0.4 is 5.73 Å². The van der Waals surface area contributed by atoms with Gasteiger partial charge in [-0.2, -0.15) is 0 Å². The molecule has 8 heteroatoms. The van der Waals surface area contributed by atoms with Crippen LogP contribution in [-0.4, -0.2) is 64.1 Å². The number of likely N-dealkylation sites (tertiary alicyclic amines) is 1. The predicted octanol–water partition coefficient (Wildman–Crippen LogP) is 3.45. The molecule has 0 bridgehead atoms. The fraction of sp³-hybridized carbons (Fsp3) is 0.818. The fourth-order valence-electron chi connectivity index (χ4n) is 2.90. The maximum absolute atomic E-state index is 12.3. The Labute approximate surface area is 187 Å². The summed E-state index contributed by atoms with van der Waals surface area (Å²) in [5.41, 5.74) is 4.17. The van der Waals surface area contributed by atoms with Crippen molar-refractivity contribution in [3.8, 4) is 0 Å². The summed E-state index contributed by atoms with van der Waals surface area (Å²) in [7, 11) is 1.86. The SMILES string of the molecule is CC.CC(C)SC1CC(=O)N(CCCCCC(=O)N(C)C(C)C(C)C)C1=O.NC=O. The van der Waals surface area contributed by atoms with E-state index in [4.69, 9.17) is 4.79 Å². The molecule has 0 saturated carbocycles. The van der Waals surface area contributed by atoms with E-state index in [1.807, 2.05) is 39.6 Å². The van der Waals surface area contributed by atoms with Crippen LogP contribution >= 0.6 is 11.8 Å². The number of hydrogen-bond acceptors (Lipinski definition) is 5. The van der Waals surface area contributed by atoms with Crippen molar-refractivity contribution in [1.29, 1.82) is 0 Å². The second-order valence-corrected chi connectivity index (χ2v) is 9.48. The highest BCUT2D eigenvalue weighted by atomic mass is 32.2. The molecule has 2 unspecified atom stereocenters. The van der Waals surface area contributed by atoms with Crippen molar-refractivity contribution in [2.24, 2.45) is 11.7 Å². The molecule has 2 N–H and O–H groups in total. The first-order valence-corrected chi connectivity index (χ1v) is 11.9. The Bertz CT molecular complexity index is 527. The van der Waals surface area contributed by atoms with Gasteiger partial charge < -0.3 is 10.6 Å². The van der Waals surface area contributed by atoms with Gasteiger partial charge in [0, 0.05) is 32.5 Å². The molecule has 1 aliphatic rings. The molecule has 1 heterocycles. The summed E-state index contributed by atoms with van der Waals surface area (Å²) >= 11 is 1.57. The van der Waals surface area contributed by atoms with Crippen molar-refractivity contribution in [2.75, 3.05) is 13.6 Å². The molecular formula is C22H43N3O4S. The third kappa shape index (κ3) is 11.6. The van der Waals surface area contributed by atoms with Crippen LogP contribution in [0.25, 0.3) is 0 Å². The molecule has 1 saturated heterocycles. The van der Waals surface area contributed by atoms with Crippen LogP contribution in [0.3, 0.4) is 0 Å². The third-order valence-corrected chi connectivity index (χ3v) is 6.12. The molecule has 0 aromatic heterocycles. The van der Waals surface area contributed by atoms with E-state index in [2.05, 4.69) is 26.5 Å². The molecule has 0 aromatic rings. The minimum atomic E-state index is -0.208. The van der Waals surface area contributed by atoms with Gasteiger partial charge in [0.15, 0.2) is 0 Å². The van der Waals surface area contributed by atoms with Gasteiger partial charge in [-0.3, -0.25) is 24.1 Å². The Morgan fingerprint density at radius 3 is 2.17 bits per heavy atom. The molecule has 0 aliphatic carbocycles. The number of imide groups is 1. The largest absolute Gasteiger partial charge is 0.372 e. The van der Waals surface area contributed by atoms with E-state index in [-0.39, 0.29) is 35.4 Å². The number of rotatable bonds is 10. The first-order valence-electron chi connectivity index (χ1n) is 11.0. The lowest BCUT2D eigenvalue weighted by atomic mass is 10.0. The molecule has 0 aromatic carbocycles. The molecule has 4 amide bonds. The lowest BCUT2D eigenvalue weighted by molar-refractivity contribution is -0.138. The first kappa shape index (κ1) is 30.6. The number of hydrogen-bond donors (Lipinski definition) is 1. The Hall–Kier alpha value is -1.57. The van der Waals surface area contributed by atoms with Gasteiger partial charge in [0.25, 0.3) is 0 Å². The molecular weight excluding hydrogens is 402 g/mol. The summed E-state index contributed by atoms with van der Waals surface area (Å²) in [5, 5.41) is 0.137. The molecule has 7 nitrogen and oxygen atoms in total. The summed E-state index contributed by atoms with van der Waals surface area (Å²) < 4.78 is 0. The Morgan fingerprint density at radius 1 is 1.17 bits per heavy atom. The summed E-state index contributed by atoms with van der Waals surface area (Å²) in [4.78, 5) is 48.3. The minimum Gasteiger partial charge on any atom is -0.372 e. The van der Waals surface area contributed by atoms with E-state index in [1.165, 1.54) is 4.90 Å². The number of unbranched alkanes of at least 4 members (excludes halogenated alkanes) is 2. The van der Waals surface area contributed by atoms with Crippen LogP contribution in [-0.2, 0) is 19.2 Å². The van der Waals surface area contributed by atoms with E-state index in [9.17, 15) is 14.4 Å². The minimum absolute atomic E-state index is 0.0368. The average molecular weight is 446 g/mol. The number of nitrogens with zero attached hydrogens (tertiary/aromatic N) is 2. The molecule has 30 heavy (non-hydrogen) atoms. The predicted molar refractivity (Wildman–Crippen MR) is 125 cm³/mol. The maximum Gasteiger partial charge on any atom is 0.242 e. The number of carbonyl (C=O) groups is 4. The van der Waals surface area contributed by atoms with E-state index < -0.39 is 0 Å². The summed E-state index contributed by atoms with van der Waals surface area (Å²) in [6.07, 6.45) is 3.54. The third-order valence-electron chi connectivity index (χ3n) is 4.88. The highest BCUT2D eigenvalue weighted by Gasteiger charge is 2.38. The summed E-state index contributed by atoms with van der Waals surface area (Å²) in [6, 6.07) is 0.239. The Morgan fingerprint density at radius 2 is 1.70 bits per heavy atom. The van der Waals surface area contributed by atoms with Gasteiger partial charge in [-0.15, -0.1) is 11.8 Å². The first-order chi connectivity index (χ1) is 14.1. The molecule has 1 rings (SSSR count). The lowest BCUT2D eigenvalue weighted by Crippen LogP contribution is -2.38. The van der Waals surface area contributed by atoms with Gasteiger partial charge in [-0.05, 0) is 30.9 Å². The maximum atomic E-state index is 12.3. The molecule has 1 aliphatic heterocycles. The summed E-state index contributed by atoms with van der Waals surface area (Å²) in [6.45, 7) is 14.9. The van der Waals surface area contributed by atoms with E-state index in [1.54, 1.807) is 11.8 Å². The number of nitrogens with two attached hydrogens (primary N) is 1. The van der Waals surface area contributed by atoms with Crippen LogP contribution in [0, 0.1) is 5.92 Å². The standard InChI is InChI=1S/C19H34N2O3S.C2H6.CH3NO/c1-13(2)15(5)20(6)17(22)10-8-7-9-11-21-18(23)12-16(19(21)24)25-14(3)4;1-2;2-1-3/h13-16H,7-12H2,1-6H3;1-2H3;1H,(H2,2,3). The monoisotopic (exact) mass is 445 g/mol. The van der Waals surface area contributed by atoms with Gasteiger partial charge in [-0.1, -0.05) is 48.0 Å². The Kier molecular flexibility index (Phi) is 17.5. The molecule has 2 atom stereocenters. The topological polar surface area (TPSA) is 101 Å². The highest BCUT2D eigenvalue weighted by molar-refractivity contribution is 8.01. The van der Waals surface area contributed by atoms with Crippen molar-refractivity contribution in [3.63, 3.8) is 0 Å². The van der Waals surface area contributed by atoms with Crippen molar-refractivity contribution < 1.29 is 19.2 Å². The number of amides is 4.